The molecule has 0 spiro atoms. The summed E-state index contributed by atoms with van der Waals surface area (Å²) in [6, 6.07) is 7.23. The van der Waals surface area contributed by atoms with Gasteiger partial charge in [0, 0.05) is 4.47 Å². The Bertz CT molecular complexity index is 547. The summed E-state index contributed by atoms with van der Waals surface area (Å²) in [5, 5.41) is 3.92. The molecule has 0 N–H and O–H groups in total. The van der Waals surface area contributed by atoms with Crippen molar-refractivity contribution in [1.82, 2.24) is 9.78 Å². The van der Waals surface area contributed by atoms with Gasteiger partial charge >= 0.3 is 11.8 Å². The van der Waals surface area contributed by atoms with Gasteiger partial charge in [0.05, 0.1) is 12.3 Å². The molecule has 0 saturated carbocycles. The molecule has 0 aliphatic carbocycles. The van der Waals surface area contributed by atoms with E-state index in [0.29, 0.717) is 12.3 Å². The molecule has 0 aliphatic heterocycles. The first kappa shape index (κ1) is 10.9. The summed E-state index contributed by atoms with van der Waals surface area (Å²) in [4.78, 5) is 11.5. The molecule has 1 aromatic heterocycles. The molecular formula is C10H9BrN2O3. The monoisotopic (exact) mass is 284 g/mol. The highest BCUT2D eigenvalue weighted by Crippen LogP contribution is 2.19. The third kappa shape index (κ3) is 2.01. The van der Waals surface area contributed by atoms with Crippen molar-refractivity contribution in [2.75, 3.05) is 6.61 Å². The summed E-state index contributed by atoms with van der Waals surface area (Å²) in [7, 11) is 0. The molecule has 0 saturated heterocycles. The second-order valence-corrected chi connectivity index (χ2v) is 3.78. The lowest BCUT2D eigenvalue weighted by Crippen LogP contribution is -2.13. The Labute approximate surface area is 99.8 Å². The highest BCUT2D eigenvalue weighted by Gasteiger charge is 2.12. The predicted octanol–water partition coefficient (Wildman–Crippen LogP) is 1.99. The summed E-state index contributed by atoms with van der Waals surface area (Å²) in [5.41, 5.74) is 0.613. The molecule has 5 nitrogen and oxygen atoms in total. The zero-order valence-electron chi connectivity index (χ0n) is 8.51. The van der Waals surface area contributed by atoms with Crippen LogP contribution >= 0.6 is 15.9 Å². The lowest BCUT2D eigenvalue weighted by molar-refractivity contribution is 0.238. The van der Waals surface area contributed by atoms with Crippen LogP contribution in [0, 0.1) is 0 Å². The highest BCUT2D eigenvalue weighted by molar-refractivity contribution is 9.10. The minimum atomic E-state index is -0.574. The molecule has 0 unspecified atom stereocenters. The molecule has 0 amide bonds. The van der Waals surface area contributed by atoms with Crippen LogP contribution in [0.4, 0.5) is 0 Å². The smallest absolute Gasteiger partial charge is 0.444 e. The van der Waals surface area contributed by atoms with Gasteiger partial charge in [-0.2, -0.15) is 4.68 Å². The number of ether oxygens (including phenoxy) is 1. The zero-order chi connectivity index (χ0) is 11.5. The highest BCUT2D eigenvalue weighted by atomic mass is 79.9. The Kier molecular flexibility index (Phi) is 3.09. The SMILES string of the molecule is CCOc1nn(-c2ccccc2Br)c(=O)o1. The van der Waals surface area contributed by atoms with Gasteiger partial charge in [-0.15, -0.1) is 0 Å². The van der Waals surface area contributed by atoms with Gasteiger partial charge in [-0.05, 0) is 35.0 Å². The third-order valence-electron chi connectivity index (χ3n) is 1.88. The molecule has 0 bridgehead atoms. The first-order valence-electron chi connectivity index (χ1n) is 4.70. The summed E-state index contributed by atoms with van der Waals surface area (Å²) in [6.07, 6.45) is -0.0248. The van der Waals surface area contributed by atoms with E-state index < -0.39 is 5.76 Å². The summed E-state index contributed by atoms with van der Waals surface area (Å²) >= 11 is 3.33. The van der Waals surface area contributed by atoms with E-state index in [1.54, 1.807) is 13.0 Å². The van der Waals surface area contributed by atoms with Crippen molar-refractivity contribution >= 4 is 15.9 Å². The van der Waals surface area contributed by atoms with E-state index in [0.717, 1.165) is 9.15 Å². The van der Waals surface area contributed by atoms with Gasteiger partial charge in [0.25, 0.3) is 0 Å². The largest absolute Gasteiger partial charge is 0.449 e. The van der Waals surface area contributed by atoms with E-state index in [1.165, 1.54) is 0 Å². The molecule has 84 valence electrons. The molecule has 6 heteroatoms. The summed E-state index contributed by atoms with van der Waals surface area (Å²) in [6.45, 7) is 2.19. The van der Waals surface area contributed by atoms with Crippen LogP contribution in [0.25, 0.3) is 5.69 Å². The molecule has 0 fully saturated rings. The van der Waals surface area contributed by atoms with Crippen LogP contribution < -0.4 is 10.5 Å². The van der Waals surface area contributed by atoms with E-state index in [9.17, 15) is 4.79 Å². The van der Waals surface area contributed by atoms with Crippen LogP contribution in [0.15, 0.2) is 37.9 Å². The Balaban J connectivity index is 2.48. The normalized spacial score (nSPS) is 10.4. The van der Waals surface area contributed by atoms with Crippen molar-refractivity contribution in [2.24, 2.45) is 0 Å². The Morgan fingerprint density at radius 2 is 2.25 bits per heavy atom. The lowest BCUT2D eigenvalue weighted by atomic mass is 10.3. The molecule has 0 radical (unpaired) electrons. The van der Waals surface area contributed by atoms with Crippen LogP contribution in [-0.4, -0.2) is 16.4 Å². The number of hydrogen-bond donors (Lipinski definition) is 0. The molecule has 1 aromatic carbocycles. The van der Waals surface area contributed by atoms with Gasteiger partial charge < -0.3 is 9.15 Å². The minimum absolute atomic E-state index is 0.0248. The van der Waals surface area contributed by atoms with Gasteiger partial charge in [-0.3, -0.25) is 0 Å². The van der Waals surface area contributed by atoms with E-state index in [1.807, 2.05) is 18.2 Å². The van der Waals surface area contributed by atoms with Crippen molar-refractivity contribution in [3.63, 3.8) is 0 Å². The van der Waals surface area contributed by atoms with Crippen molar-refractivity contribution in [3.05, 3.63) is 39.3 Å². The van der Waals surface area contributed by atoms with Crippen molar-refractivity contribution in [2.45, 2.75) is 6.92 Å². The standard InChI is InChI=1S/C10H9BrN2O3/c1-2-15-9-12-13(10(14)16-9)8-6-4-3-5-7(8)11/h3-6H,2H2,1H3. The quantitative estimate of drug-likeness (QED) is 0.865. The predicted molar refractivity (Wildman–Crippen MR) is 61.0 cm³/mol. The fourth-order valence-electron chi connectivity index (χ4n) is 1.22. The van der Waals surface area contributed by atoms with Crippen molar-refractivity contribution in [1.29, 1.82) is 0 Å². The molecular weight excluding hydrogens is 276 g/mol. The lowest BCUT2D eigenvalue weighted by Gasteiger charge is -1.99. The van der Waals surface area contributed by atoms with Crippen LogP contribution in [-0.2, 0) is 0 Å². The van der Waals surface area contributed by atoms with E-state index >= 15 is 0 Å². The molecule has 0 aliphatic rings. The van der Waals surface area contributed by atoms with Gasteiger partial charge in [-0.25, -0.2) is 4.79 Å². The number of hydrogen-bond acceptors (Lipinski definition) is 4. The van der Waals surface area contributed by atoms with E-state index in [2.05, 4.69) is 21.0 Å². The van der Waals surface area contributed by atoms with Crippen molar-refractivity contribution < 1.29 is 9.15 Å². The number of benzene rings is 1. The van der Waals surface area contributed by atoms with Gasteiger partial charge in [0.15, 0.2) is 0 Å². The third-order valence-corrected chi connectivity index (χ3v) is 2.55. The molecule has 16 heavy (non-hydrogen) atoms. The fourth-order valence-corrected chi connectivity index (χ4v) is 1.67. The fraction of sp³-hybridized carbons (Fsp3) is 0.200. The Hall–Kier alpha value is -1.56. The number of nitrogens with zero attached hydrogens (tertiary/aromatic N) is 2. The van der Waals surface area contributed by atoms with Gasteiger partial charge in [0.2, 0.25) is 0 Å². The zero-order valence-corrected chi connectivity index (χ0v) is 10.1. The first-order chi connectivity index (χ1) is 7.72. The average Bonchev–Trinajstić information content (AvgIpc) is 2.61. The molecule has 1 heterocycles. The van der Waals surface area contributed by atoms with E-state index in [4.69, 9.17) is 9.15 Å². The number of halogens is 1. The molecule has 0 atom stereocenters. The van der Waals surface area contributed by atoms with Gasteiger partial charge in [-0.1, -0.05) is 17.2 Å². The Morgan fingerprint density at radius 1 is 1.50 bits per heavy atom. The van der Waals surface area contributed by atoms with Crippen LogP contribution in [0.2, 0.25) is 0 Å². The average molecular weight is 285 g/mol. The summed E-state index contributed by atoms with van der Waals surface area (Å²) < 4.78 is 11.7. The maximum absolute atomic E-state index is 11.5. The number of rotatable bonds is 3. The topological polar surface area (TPSA) is 57.3 Å². The maximum atomic E-state index is 11.5. The number of aromatic nitrogens is 2. The number of para-hydroxylation sites is 1. The van der Waals surface area contributed by atoms with Crippen molar-refractivity contribution in [3.8, 4) is 11.8 Å². The Morgan fingerprint density at radius 3 is 2.94 bits per heavy atom. The first-order valence-corrected chi connectivity index (χ1v) is 5.49. The molecule has 2 rings (SSSR count). The van der Waals surface area contributed by atoms with Crippen LogP contribution in [0.1, 0.15) is 6.92 Å². The maximum Gasteiger partial charge on any atom is 0.444 e. The van der Waals surface area contributed by atoms with Gasteiger partial charge in [0.1, 0.15) is 0 Å². The van der Waals surface area contributed by atoms with E-state index in [-0.39, 0.29) is 6.08 Å². The minimum Gasteiger partial charge on any atom is -0.449 e. The second kappa shape index (κ2) is 4.52. The second-order valence-electron chi connectivity index (χ2n) is 2.93. The van der Waals surface area contributed by atoms with Crippen LogP contribution in [0.5, 0.6) is 6.08 Å². The summed E-state index contributed by atoms with van der Waals surface area (Å²) in [5.74, 6) is -0.574. The van der Waals surface area contributed by atoms with Crippen LogP contribution in [0.3, 0.4) is 0 Å². The molecule has 2 aromatic rings.